The largest absolute Gasteiger partial charge is 0.364 e. The molecule has 0 radical (unpaired) electrons. The molecule has 2 rings (SSSR count). The van der Waals surface area contributed by atoms with Crippen molar-refractivity contribution >= 4 is 17.3 Å². The highest BCUT2D eigenvalue weighted by Gasteiger charge is 2.32. The lowest BCUT2D eigenvalue weighted by Crippen LogP contribution is -2.31. The SMILES string of the molecule is CCCNc1ncnc(NC2(C)CCCC2)c1[N+](=O)[O-]. The van der Waals surface area contributed by atoms with Crippen molar-refractivity contribution in [3.8, 4) is 0 Å². The van der Waals surface area contributed by atoms with E-state index in [1.807, 2.05) is 6.92 Å². The third kappa shape index (κ3) is 3.15. The van der Waals surface area contributed by atoms with Gasteiger partial charge in [-0.25, -0.2) is 9.97 Å². The van der Waals surface area contributed by atoms with Gasteiger partial charge in [-0.05, 0) is 26.2 Å². The van der Waals surface area contributed by atoms with E-state index in [4.69, 9.17) is 0 Å². The highest BCUT2D eigenvalue weighted by Crippen LogP contribution is 2.36. The third-order valence-corrected chi connectivity index (χ3v) is 3.67. The second kappa shape index (κ2) is 6.02. The van der Waals surface area contributed by atoms with Crippen molar-refractivity contribution in [1.82, 2.24) is 9.97 Å². The second-order valence-electron chi connectivity index (χ2n) is 5.50. The zero-order chi connectivity index (χ0) is 14.6. The van der Waals surface area contributed by atoms with E-state index in [-0.39, 0.29) is 17.0 Å². The molecule has 0 aromatic carbocycles. The standard InChI is InChI=1S/C13H21N5O2/c1-3-8-14-11-10(18(19)20)12(16-9-15-11)17-13(2)6-4-5-7-13/h9H,3-8H2,1-2H3,(H2,14,15,16,17). The van der Waals surface area contributed by atoms with Crippen LogP contribution in [-0.2, 0) is 0 Å². The summed E-state index contributed by atoms with van der Waals surface area (Å²) >= 11 is 0. The van der Waals surface area contributed by atoms with Gasteiger partial charge in [-0.1, -0.05) is 19.8 Å². The van der Waals surface area contributed by atoms with Crippen molar-refractivity contribution < 1.29 is 4.92 Å². The van der Waals surface area contributed by atoms with Gasteiger partial charge in [0, 0.05) is 12.1 Å². The molecule has 110 valence electrons. The summed E-state index contributed by atoms with van der Waals surface area (Å²) in [5.74, 6) is 0.601. The molecule has 1 aliphatic carbocycles. The van der Waals surface area contributed by atoms with Crippen molar-refractivity contribution in [2.75, 3.05) is 17.2 Å². The lowest BCUT2D eigenvalue weighted by molar-refractivity contribution is -0.383. The van der Waals surface area contributed by atoms with Crippen LogP contribution in [-0.4, -0.2) is 27.0 Å². The van der Waals surface area contributed by atoms with Gasteiger partial charge < -0.3 is 10.6 Å². The maximum Gasteiger partial charge on any atom is 0.353 e. The topological polar surface area (TPSA) is 93.0 Å². The average molecular weight is 279 g/mol. The molecule has 1 fully saturated rings. The minimum Gasteiger partial charge on any atom is -0.364 e. The van der Waals surface area contributed by atoms with Crippen LogP contribution < -0.4 is 10.6 Å². The van der Waals surface area contributed by atoms with E-state index in [2.05, 4.69) is 27.5 Å². The normalized spacial score (nSPS) is 16.9. The minimum atomic E-state index is -0.418. The molecular weight excluding hydrogens is 258 g/mol. The Balaban J connectivity index is 2.29. The van der Waals surface area contributed by atoms with E-state index in [1.54, 1.807) is 0 Å². The van der Waals surface area contributed by atoms with Gasteiger partial charge in [-0.2, -0.15) is 0 Å². The smallest absolute Gasteiger partial charge is 0.353 e. The van der Waals surface area contributed by atoms with Crippen LogP contribution in [0.1, 0.15) is 46.0 Å². The molecule has 0 spiro atoms. The molecule has 0 aliphatic heterocycles. The van der Waals surface area contributed by atoms with E-state index in [0.717, 1.165) is 32.1 Å². The van der Waals surface area contributed by atoms with Crippen LogP contribution in [0, 0.1) is 10.1 Å². The Morgan fingerprint density at radius 1 is 1.35 bits per heavy atom. The number of aromatic nitrogens is 2. The van der Waals surface area contributed by atoms with Gasteiger partial charge >= 0.3 is 5.69 Å². The van der Waals surface area contributed by atoms with Crippen molar-refractivity contribution in [3.05, 3.63) is 16.4 Å². The molecule has 1 aromatic rings. The first-order valence-corrected chi connectivity index (χ1v) is 7.07. The zero-order valence-electron chi connectivity index (χ0n) is 12.0. The fourth-order valence-electron chi connectivity index (χ4n) is 2.58. The Hall–Kier alpha value is -1.92. The van der Waals surface area contributed by atoms with Crippen LogP contribution in [0.5, 0.6) is 0 Å². The number of nitro groups is 1. The van der Waals surface area contributed by atoms with E-state index in [9.17, 15) is 10.1 Å². The predicted molar refractivity (Wildman–Crippen MR) is 78.0 cm³/mol. The predicted octanol–water partition coefficient (Wildman–Crippen LogP) is 2.95. The van der Waals surface area contributed by atoms with Gasteiger partial charge in [0.25, 0.3) is 0 Å². The molecule has 1 saturated carbocycles. The summed E-state index contributed by atoms with van der Waals surface area (Å²) in [6.45, 7) is 4.73. The third-order valence-electron chi connectivity index (χ3n) is 3.67. The van der Waals surface area contributed by atoms with Crippen LogP contribution in [0.4, 0.5) is 17.3 Å². The van der Waals surface area contributed by atoms with Crippen molar-refractivity contribution in [2.45, 2.75) is 51.5 Å². The Morgan fingerprint density at radius 2 is 2.00 bits per heavy atom. The Labute approximate surface area is 118 Å². The fraction of sp³-hybridized carbons (Fsp3) is 0.692. The molecule has 0 unspecified atom stereocenters. The van der Waals surface area contributed by atoms with E-state index in [1.165, 1.54) is 6.33 Å². The molecule has 7 nitrogen and oxygen atoms in total. The van der Waals surface area contributed by atoms with Crippen LogP contribution >= 0.6 is 0 Å². The number of hydrogen-bond donors (Lipinski definition) is 2. The average Bonchev–Trinajstić information content (AvgIpc) is 2.82. The highest BCUT2D eigenvalue weighted by molar-refractivity contribution is 5.69. The second-order valence-corrected chi connectivity index (χ2v) is 5.50. The summed E-state index contributed by atoms with van der Waals surface area (Å²) in [6.07, 6.45) is 6.54. The first-order chi connectivity index (χ1) is 9.56. The summed E-state index contributed by atoms with van der Waals surface area (Å²) in [5.41, 5.74) is -0.171. The molecule has 7 heteroatoms. The molecule has 20 heavy (non-hydrogen) atoms. The lowest BCUT2D eigenvalue weighted by atomic mass is 10.0. The Morgan fingerprint density at radius 3 is 2.60 bits per heavy atom. The molecule has 1 heterocycles. The monoisotopic (exact) mass is 279 g/mol. The molecule has 0 amide bonds. The first kappa shape index (κ1) is 14.5. The van der Waals surface area contributed by atoms with Crippen LogP contribution in [0.3, 0.4) is 0 Å². The van der Waals surface area contributed by atoms with Gasteiger partial charge in [0.2, 0.25) is 11.6 Å². The number of rotatable bonds is 6. The van der Waals surface area contributed by atoms with E-state index >= 15 is 0 Å². The summed E-state index contributed by atoms with van der Waals surface area (Å²) in [5, 5.41) is 17.6. The van der Waals surface area contributed by atoms with Gasteiger partial charge in [-0.3, -0.25) is 10.1 Å². The van der Waals surface area contributed by atoms with Gasteiger partial charge in [0.05, 0.1) is 4.92 Å². The van der Waals surface area contributed by atoms with Crippen molar-refractivity contribution in [3.63, 3.8) is 0 Å². The maximum absolute atomic E-state index is 11.3. The van der Waals surface area contributed by atoms with Crippen LogP contribution in [0.15, 0.2) is 6.33 Å². The van der Waals surface area contributed by atoms with E-state index in [0.29, 0.717) is 12.4 Å². The Kier molecular flexibility index (Phi) is 4.36. The number of nitrogens with zero attached hydrogens (tertiary/aromatic N) is 3. The van der Waals surface area contributed by atoms with Gasteiger partial charge in [0.15, 0.2) is 0 Å². The summed E-state index contributed by atoms with van der Waals surface area (Å²) < 4.78 is 0. The summed E-state index contributed by atoms with van der Waals surface area (Å²) in [6, 6.07) is 0. The van der Waals surface area contributed by atoms with Gasteiger partial charge in [-0.15, -0.1) is 0 Å². The molecular formula is C13H21N5O2. The van der Waals surface area contributed by atoms with Gasteiger partial charge in [0.1, 0.15) is 6.33 Å². The van der Waals surface area contributed by atoms with Crippen molar-refractivity contribution in [1.29, 1.82) is 0 Å². The summed E-state index contributed by atoms with van der Waals surface area (Å²) in [7, 11) is 0. The maximum atomic E-state index is 11.3. The zero-order valence-corrected chi connectivity index (χ0v) is 12.0. The summed E-state index contributed by atoms with van der Waals surface area (Å²) in [4.78, 5) is 19.0. The molecule has 2 N–H and O–H groups in total. The quantitative estimate of drug-likeness (QED) is 0.614. The van der Waals surface area contributed by atoms with Crippen LogP contribution in [0.2, 0.25) is 0 Å². The number of nitrogens with one attached hydrogen (secondary N) is 2. The fourth-order valence-corrected chi connectivity index (χ4v) is 2.58. The molecule has 0 bridgehead atoms. The molecule has 0 atom stereocenters. The molecule has 1 aliphatic rings. The Bertz CT molecular complexity index is 486. The first-order valence-electron chi connectivity index (χ1n) is 7.07. The molecule has 1 aromatic heterocycles. The van der Waals surface area contributed by atoms with E-state index < -0.39 is 4.92 Å². The molecule has 0 saturated heterocycles. The number of anilines is 2. The highest BCUT2D eigenvalue weighted by atomic mass is 16.6. The van der Waals surface area contributed by atoms with Crippen molar-refractivity contribution in [2.24, 2.45) is 0 Å². The number of hydrogen-bond acceptors (Lipinski definition) is 6. The van der Waals surface area contributed by atoms with Crippen LogP contribution in [0.25, 0.3) is 0 Å². The minimum absolute atomic E-state index is 0.0610. The lowest BCUT2D eigenvalue weighted by Gasteiger charge is -2.25.